The number of hydrogen-bond acceptors (Lipinski definition) is 6. The van der Waals surface area contributed by atoms with Gasteiger partial charge in [-0.25, -0.2) is 10.7 Å². The minimum absolute atomic E-state index is 0.102. The molecule has 0 bridgehead atoms. The summed E-state index contributed by atoms with van der Waals surface area (Å²) >= 11 is 0. The van der Waals surface area contributed by atoms with E-state index in [-0.39, 0.29) is 17.4 Å². The van der Waals surface area contributed by atoms with E-state index >= 15 is 0 Å². The molecule has 0 atom stereocenters. The first-order valence-corrected chi connectivity index (χ1v) is 5.58. The van der Waals surface area contributed by atoms with Crippen LogP contribution in [0.2, 0.25) is 0 Å². The molecule has 2 aromatic rings. The van der Waals surface area contributed by atoms with Crippen molar-refractivity contribution in [3.05, 3.63) is 53.9 Å². The Morgan fingerprint density at radius 1 is 1.30 bits per heavy atom. The second kappa shape index (κ2) is 6.30. The number of aromatic hydroxyl groups is 1. The molecule has 0 fully saturated rings. The van der Waals surface area contributed by atoms with Crippen LogP contribution in [0.5, 0.6) is 11.5 Å². The average molecular weight is 273 g/mol. The van der Waals surface area contributed by atoms with Crippen LogP contribution in [0.3, 0.4) is 0 Å². The Morgan fingerprint density at radius 3 is 2.75 bits per heavy atom. The van der Waals surface area contributed by atoms with Crippen LogP contribution in [-0.4, -0.2) is 27.5 Å². The van der Waals surface area contributed by atoms with Crippen molar-refractivity contribution < 1.29 is 20.0 Å². The number of benzene rings is 1. The van der Waals surface area contributed by atoms with Gasteiger partial charge >= 0.3 is 0 Å². The third-order valence-electron chi connectivity index (χ3n) is 2.40. The van der Waals surface area contributed by atoms with Crippen LogP contribution in [0.15, 0.2) is 47.8 Å². The zero-order chi connectivity index (χ0) is 14.4. The van der Waals surface area contributed by atoms with Gasteiger partial charge in [-0.2, -0.15) is 5.10 Å². The number of aromatic nitrogens is 1. The van der Waals surface area contributed by atoms with E-state index in [4.69, 9.17) is 5.26 Å². The van der Waals surface area contributed by atoms with E-state index < -0.39 is 0 Å². The lowest BCUT2D eigenvalue weighted by Crippen LogP contribution is -2.17. The summed E-state index contributed by atoms with van der Waals surface area (Å²) in [6, 6.07) is 7.35. The van der Waals surface area contributed by atoms with Gasteiger partial charge in [-0.1, -0.05) is 0 Å². The first kappa shape index (κ1) is 13.5. The largest absolute Gasteiger partial charge is 0.504 e. The van der Waals surface area contributed by atoms with E-state index in [0.717, 1.165) is 0 Å². The van der Waals surface area contributed by atoms with E-state index in [1.807, 2.05) is 0 Å². The van der Waals surface area contributed by atoms with Gasteiger partial charge in [0.1, 0.15) is 0 Å². The van der Waals surface area contributed by atoms with Crippen molar-refractivity contribution in [3.8, 4) is 11.5 Å². The van der Waals surface area contributed by atoms with Gasteiger partial charge in [0.15, 0.2) is 5.75 Å². The van der Waals surface area contributed by atoms with Crippen LogP contribution in [0.1, 0.15) is 15.9 Å². The fraction of sp³-hybridized carbons (Fsp3) is 0. The van der Waals surface area contributed by atoms with Crippen molar-refractivity contribution in [2.45, 2.75) is 0 Å². The summed E-state index contributed by atoms with van der Waals surface area (Å²) in [6.45, 7) is 0. The summed E-state index contributed by atoms with van der Waals surface area (Å²) < 4.78 is 0. The van der Waals surface area contributed by atoms with Crippen LogP contribution >= 0.6 is 0 Å². The molecule has 20 heavy (non-hydrogen) atoms. The molecule has 0 aliphatic rings. The second-order valence-electron chi connectivity index (χ2n) is 3.75. The molecular formula is C13H11N3O4. The van der Waals surface area contributed by atoms with Crippen LogP contribution < -0.4 is 10.3 Å². The zero-order valence-corrected chi connectivity index (χ0v) is 10.2. The van der Waals surface area contributed by atoms with Crippen molar-refractivity contribution in [2.75, 3.05) is 0 Å². The number of rotatable bonds is 4. The summed E-state index contributed by atoms with van der Waals surface area (Å²) in [6.07, 6.45) is 4.36. The molecule has 0 unspecified atom stereocenters. The Hall–Kier alpha value is -2.93. The van der Waals surface area contributed by atoms with Crippen LogP contribution in [0, 0.1) is 0 Å². The third-order valence-corrected chi connectivity index (χ3v) is 2.40. The second-order valence-corrected chi connectivity index (χ2v) is 3.75. The predicted molar refractivity (Wildman–Crippen MR) is 70.7 cm³/mol. The Bertz CT molecular complexity index is 629. The lowest BCUT2D eigenvalue weighted by atomic mass is 10.2. The quantitative estimate of drug-likeness (QED) is 0.444. The monoisotopic (exact) mass is 273 g/mol. The maximum Gasteiger partial charge on any atom is 0.271 e. The number of hydrogen-bond donors (Lipinski definition) is 3. The highest BCUT2D eigenvalue weighted by atomic mass is 17.1. The molecule has 7 nitrogen and oxygen atoms in total. The molecule has 0 saturated carbocycles. The highest BCUT2D eigenvalue weighted by Gasteiger charge is 2.04. The molecule has 1 heterocycles. The Labute approximate surface area is 114 Å². The van der Waals surface area contributed by atoms with E-state index in [2.05, 4.69) is 20.4 Å². The number of phenolic OH excluding ortho intramolecular Hbond substituents is 1. The lowest BCUT2D eigenvalue weighted by molar-refractivity contribution is -0.139. The Balaban J connectivity index is 2.02. The number of pyridine rings is 1. The molecule has 0 aliphatic heterocycles. The van der Waals surface area contributed by atoms with Gasteiger partial charge in [0.05, 0.1) is 6.21 Å². The van der Waals surface area contributed by atoms with Crippen molar-refractivity contribution in [3.63, 3.8) is 0 Å². The number of phenols is 1. The summed E-state index contributed by atoms with van der Waals surface area (Å²) in [5.74, 6) is -0.680. The van der Waals surface area contributed by atoms with Crippen molar-refractivity contribution >= 4 is 12.1 Å². The summed E-state index contributed by atoms with van der Waals surface area (Å²) in [4.78, 5) is 19.4. The summed E-state index contributed by atoms with van der Waals surface area (Å²) in [7, 11) is 0. The number of hydrazone groups is 1. The van der Waals surface area contributed by atoms with Crippen molar-refractivity contribution in [1.82, 2.24) is 10.4 Å². The van der Waals surface area contributed by atoms with Gasteiger partial charge in [-0.05, 0) is 35.9 Å². The van der Waals surface area contributed by atoms with E-state index in [1.54, 1.807) is 18.2 Å². The van der Waals surface area contributed by atoms with Gasteiger partial charge in [-0.3, -0.25) is 9.78 Å². The van der Waals surface area contributed by atoms with Gasteiger partial charge in [-0.15, -0.1) is 0 Å². The highest BCUT2D eigenvalue weighted by molar-refractivity contribution is 5.94. The minimum atomic E-state index is -0.374. The van der Waals surface area contributed by atoms with E-state index in [1.165, 1.54) is 30.7 Å². The molecule has 7 heteroatoms. The Kier molecular flexibility index (Phi) is 4.25. The topological polar surface area (TPSA) is 104 Å². The maximum atomic E-state index is 11.7. The first-order chi connectivity index (χ1) is 9.70. The van der Waals surface area contributed by atoms with E-state index in [0.29, 0.717) is 11.1 Å². The molecule has 2 rings (SSSR count). The molecule has 0 radical (unpaired) electrons. The minimum Gasteiger partial charge on any atom is -0.504 e. The van der Waals surface area contributed by atoms with Gasteiger partial charge in [0, 0.05) is 18.0 Å². The fourth-order valence-electron chi connectivity index (χ4n) is 1.42. The normalized spacial score (nSPS) is 10.4. The number of amides is 1. The number of carbonyl (C=O) groups excluding carboxylic acids is 1. The van der Waals surface area contributed by atoms with Gasteiger partial charge in [0.2, 0.25) is 5.75 Å². The molecule has 0 saturated heterocycles. The molecule has 1 aromatic heterocycles. The third kappa shape index (κ3) is 3.30. The molecule has 1 aromatic carbocycles. The predicted octanol–water partition coefficient (Wildman–Crippen LogP) is 1.40. The standard InChI is InChI=1S/C13H11N3O4/c17-11-2-1-9(7-12(11)20-19)8-15-16-13(18)10-3-5-14-6-4-10/h1-8,17,19H,(H,16,18)/b15-8+. The number of nitrogens with one attached hydrogen (secondary N) is 1. The molecule has 3 N–H and O–H groups in total. The highest BCUT2D eigenvalue weighted by Crippen LogP contribution is 2.25. The summed E-state index contributed by atoms with van der Waals surface area (Å²) in [5, 5.41) is 21.6. The van der Waals surface area contributed by atoms with Crippen LogP contribution in [0.4, 0.5) is 0 Å². The summed E-state index contributed by atoms with van der Waals surface area (Å²) in [5.41, 5.74) is 3.30. The van der Waals surface area contributed by atoms with E-state index in [9.17, 15) is 9.90 Å². The average Bonchev–Trinajstić information content (AvgIpc) is 2.49. The smallest absolute Gasteiger partial charge is 0.271 e. The molecular weight excluding hydrogens is 262 g/mol. The van der Waals surface area contributed by atoms with Crippen molar-refractivity contribution in [2.24, 2.45) is 5.10 Å². The zero-order valence-electron chi connectivity index (χ0n) is 10.2. The van der Waals surface area contributed by atoms with Crippen LogP contribution in [-0.2, 0) is 0 Å². The maximum absolute atomic E-state index is 11.7. The Morgan fingerprint density at radius 2 is 2.05 bits per heavy atom. The first-order valence-electron chi connectivity index (χ1n) is 5.58. The number of nitrogens with zero attached hydrogens (tertiary/aromatic N) is 2. The molecule has 0 spiro atoms. The van der Waals surface area contributed by atoms with Crippen molar-refractivity contribution in [1.29, 1.82) is 0 Å². The lowest BCUT2D eigenvalue weighted by Gasteiger charge is -2.01. The number of carbonyl (C=O) groups is 1. The molecule has 102 valence electrons. The van der Waals surface area contributed by atoms with Crippen LogP contribution in [0.25, 0.3) is 0 Å². The van der Waals surface area contributed by atoms with Gasteiger partial charge in [0.25, 0.3) is 5.91 Å². The molecule has 0 aliphatic carbocycles. The fourth-order valence-corrected chi connectivity index (χ4v) is 1.42. The molecule has 1 amide bonds. The van der Waals surface area contributed by atoms with Gasteiger partial charge < -0.3 is 9.99 Å². The SMILES string of the molecule is O=C(N/N=C/c1ccc(O)c(OO)c1)c1ccncc1.